The van der Waals surface area contributed by atoms with Crippen LogP contribution in [0.15, 0.2) is 42.5 Å². The van der Waals surface area contributed by atoms with Crippen molar-refractivity contribution in [2.45, 2.75) is 32.2 Å². The molecule has 144 valence electrons. The Morgan fingerprint density at radius 2 is 1.93 bits per heavy atom. The predicted octanol–water partition coefficient (Wildman–Crippen LogP) is 4.79. The van der Waals surface area contributed by atoms with Gasteiger partial charge in [0.2, 0.25) is 5.91 Å². The van der Waals surface area contributed by atoms with Crippen molar-refractivity contribution in [1.82, 2.24) is 4.90 Å². The monoisotopic (exact) mass is 381 g/mol. The summed E-state index contributed by atoms with van der Waals surface area (Å²) < 4.78 is 55.0. The second kappa shape index (κ2) is 7.21. The van der Waals surface area contributed by atoms with Crippen LogP contribution in [-0.4, -0.2) is 24.2 Å². The topological polar surface area (TPSA) is 29.5 Å². The molecule has 7 heteroatoms. The largest absolute Gasteiger partial charge is 0.573 e. The zero-order valence-corrected chi connectivity index (χ0v) is 14.9. The van der Waals surface area contributed by atoms with Crippen molar-refractivity contribution < 1.29 is 27.1 Å². The van der Waals surface area contributed by atoms with Gasteiger partial charge in [-0.05, 0) is 54.2 Å². The summed E-state index contributed by atoms with van der Waals surface area (Å²) in [5, 5.41) is 0. The molecule has 0 N–H and O–H groups in total. The molecule has 0 bridgehead atoms. The number of alkyl halides is 3. The van der Waals surface area contributed by atoms with E-state index in [2.05, 4.69) is 4.74 Å². The Balaban J connectivity index is 1.68. The SMILES string of the molecule is Cc1cc(F)ccc1CN(C)C(=O)C1CC1c1ccccc1OC(F)(F)F. The number of nitrogens with zero attached hydrogens (tertiary/aromatic N) is 1. The molecule has 2 unspecified atom stereocenters. The van der Waals surface area contributed by atoms with Crippen LogP contribution in [0.4, 0.5) is 17.6 Å². The van der Waals surface area contributed by atoms with E-state index in [0.29, 0.717) is 18.5 Å². The van der Waals surface area contributed by atoms with Gasteiger partial charge in [0.25, 0.3) is 0 Å². The number of carbonyl (C=O) groups is 1. The van der Waals surface area contributed by atoms with E-state index < -0.39 is 6.36 Å². The highest BCUT2D eigenvalue weighted by Gasteiger charge is 2.47. The maximum absolute atomic E-state index is 13.2. The molecule has 1 aliphatic rings. The molecular formula is C20H19F4NO2. The molecule has 0 aliphatic heterocycles. The van der Waals surface area contributed by atoms with E-state index in [1.807, 2.05) is 0 Å². The number of para-hydroxylation sites is 1. The molecule has 1 fully saturated rings. The minimum absolute atomic E-state index is 0.148. The van der Waals surface area contributed by atoms with Crippen molar-refractivity contribution in [2.24, 2.45) is 5.92 Å². The fourth-order valence-corrected chi connectivity index (χ4v) is 3.27. The Kier molecular flexibility index (Phi) is 5.13. The Labute approximate surface area is 154 Å². The zero-order valence-electron chi connectivity index (χ0n) is 14.9. The van der Waals surface area contributed by atoms with Gasteiger partial charge < -0.3 is 9.64 Å². The smallest absolute Gasteiger partial charge is 0.405 e. The lowest BCUT2D eigenvalue weighted by Crippen LogP contribution is -2.28. The third kappa shape index (κ3) is 4.59. The minimum Gasteiger partial charge on any atom is -0.405 e. The lowest BCUT2D eigenvalue weighted by Gasteiger charge is -2.19. The van der Waals surface area contributed by atoms with Crippen LogP contribution in [-0.2, 0) is 11.3 Å². The second-order valence-corrected chi connectivity index (χ2v) is 6.80. The third-order valence-corrected chi connectivity index (χ3v) is 4.74. The van der Waals surface area contributed by atoms with Crippen LogP contribution >= 0.6 is 0 Å². The van der Waals surface area contributed by atoms with E-state index in [1.165, 1.54) is 29.2 Å². The molecule has 0 saturated heterocycles. The molecule has 1 aliphatic carbocycles. The van der Waals surface area contributed by atoms with Gasteiger partial charge in [0, 0.05) is 19.5 Å². The van der Waals surface area contributed by atoms with Crippen LogP contribution in [0.2, 0.25) is 0 Å². The van der Waals surface area contributed by atoms with Gasteiger partial charge >= 0.3 is 6.36 Å². The third-order valence-electron chi connectivity index (χ3n) is 4.74. The highest BCUT2D eigenvalue weighted by atomic mass is 19.4. The molecule has 27 heavy (non-hydrogen) atoms. The molecule has 0 aromatic heterocycles. The van der Waals surface area contributed by atoms with Crippen molar-refractivity contribution in [1.29, 1.82) is 0 Å². The van der Waals surface area contributed by atoms with Crippen LogP contribution in [0.5, 0.6) is 5.75 Å². The van der Waals surface area contributed by atoms with Crippen molar-refractivity contribution in [3.8, 4) is 5.75 Å². The molecule has 1 amide bonds. The first kappa shape index (κ1) is 19.2. The average Bonchev–Trinajstić information content (AvgIpc) is 3.36. The predicted molar refractivity (Wildman–Crippen MR) is 91.6 cm³/mol. The summed E-state index contributed by atoms with van der Waals surface area (Å²) in [6.45, 7) is 2.08. The molecule has 2 aromatic carbocycles. The number of carbonyl (C=O) groups excluding carboxylic acids is 1. The molecular weight excluding hydrogens is 362 g/mol. The van der Waals surface area contributed by atoms with Crippen molar-refractivity contribution >= 4 is 5.91 Å². The standard InChI is InChI=1S/C20H19F4NO2/c1-12-9-14(21)8-7-13(12)11-25(2)19(26)17-10-16(17)15-5-3-4-6-18(15)27-20(22,23)24/h3-9,16-17H,10-11H2,1-2H3. The Morgan fingerprint density at radius 3 is 2.59 bits per heavy atom. The Hall–Kier alpha value is -2.57. The van der Waals surface area contributed by atoms with Gasteiger partial charge in [-0.25, -0.2) is 4.39 Å². The Morgan fingerprint density at radius 1 is 1.22 bits per heavy atom. The molecule has 3 rings (SSSR count). The molecule has 3 nitrogen and oxygen atoms in total. The average molecular weight is 381 g/mol. The fourth-order valence-electron chi connectivity index (χ4n) is 3.27. The van der Waals surface area contributed by atoms with E-state index in [1.54, 1.807) is 32.2 Å². The fraction of sp³-hybridized carbons (Fsp3) is 0.350. The van der Waals surface area contributed by atoms with Gasteiger partial charge in [0.05, 0.1) is 0 Å². The summed E-state index contributed by atoms with van der Waals surface area (Å²) in [7, 11) is 1.64. The summed E-state index contributed by atoms with van der Waals surface area (Å²) in [5.41, 5.74) is 1.95. The number of hydrogen-bond donors (Lipinski definition) is 0. The van der Waals surface area contributed by atoms with Crippen molar-refractivity contribution in [3.63, 3.8) is 0 Å². The van der Waals surface area contributed by atoms with E-state index in [-0.39, 0.29) is 29.3 Å². The van der Waals surface area contributed by atoms with Crippen LogP contribution in [0, 0.1) is 18.7 Å². The Bertz CT molecular complexity index is 850. The van der Waals surface area contributed by atoms with Gasteiger partial charge in [-0.3, -0.25) is 4.79 Å². The first-order chi connectivity index (χ1) is 12.7. The van der Waals surface area contributed by atoms with E-state index >= 15 is 0 Å². The van der Waals surface area contributed by atoms with Gasteiger partial charge in [0.15, 0.2) is 0 Å². The molecule has 0 radical (unpaired) electrons. The molecule has 1 saturated carbocycles. The zero-order chi connectivity index (χ0) is 19.8. The van der Waals surface area contributed by atoms with Crippen LogP contribution < -0.4 is 4.74 Å². The van der Waals surface area contributed by atoms with Crippen LogP contribution in [0.1, 0.15) is 29.0 Å². The number of ether oxygens (including phenoxy) is 1. The number of halogens is 4. The van der Waals surface area contributed by atoms with E-state index in [4.69, 9.17) is 0 Å². The lowest BCUT2D eigenvalue weighted by atomic mass is 10.1. The summed E-state index contributed by atoms with van der Waals surface area (Å²) in [4.78, 5) is 14.2. The van der Waals surface area contributed by atoms with Crippen LogP contribution in [0.25, 0.3) is 0 Å². The number of aryl methyl sites for hydroxylation is 1. The second-order valence-electron chi connectivity index (χ2n) is 6.80. The minimum atomic E-state index is -4.78. The molecule has 0 spiro atoms. The van der Waals surface area contributed by atoms with Crippen LogP contribution in [0.3, 0.4) is 0 Å². The van der Waals surface area contributed by atoms with Gasteiger partial charge in [-0.2, -0.15) is 0 Å². The van der Waals surface area contributed by atoms with E-state index in [0.717, 1.165) is 11.1 Å². The first-order valence-electron chi connectivity index (χ1n) is 8.50. The molecule has 0 heterocycles. The highest BCUT2D eigenvalue weighted by molar-refractivity contribution is 5.83. The summed E-state index contributed by atoms with van der Waals surface area (Å²) in [6, 6.07) is 10.3. The van der Waals surface area contributed by atoms with E-state index in [9.17, 15) is 22.4 Å². The maximum atomic E-state index is 13.2. The number of benzene rings is 2. The molecule has 2 aromatic rings. The lowest BCUT2D eigenvalue weighted by molar-refractivity contribution is -0.274. The molecule has 2 atom stereocenters. The quantitative estimate of drug-likeness (QED) is 0.697. The van der Waals surface area contributed by atoms with Gasteiger partial charge in [-0.15, -0.1) is 13.2 Å². The van der Waals surface area contributed by atoms with Gasteiger partial charge in [0.1, 0.15) is 11.6 Å². The highest BCUT2D eigenvalue weighted by Crippen LogP contribution is 2.51. The number of rotatable bonds is 5. The normalized spacial score (nSPS) is 18.9. The van der Waals surface area contributed by atoms with Crippen molar-refractivity contribution in [2.75, 3.05) is 7.05 Å². The first-order valence-corrected chi connectivity index (χ1v) is 8.50. The number of amides is 1. The number of hydrogen-bond acceptors (Lipinski definition) is 2. The summed E-state index contributed by atoms with van der Waals surface area (Å²) in [5.74, 6) is -1.43. The van der Waals surface area contributed by atoms with Crippen molar-refractivity contribution in [3.05, 3.63) is 65.0 Å². The summed E-state index contributed by atoms with van der Waals surface area (Å²) in [6.07, 6.45) is -4.30. The summed E-state index contributed by atoms with van der Waals surface area (Å²) >= 11 is 0. The van der Waals surface area contributed by atoms with Gasteiger partial charge in [-0.1, -0.05) is 24.3 Å². The maximum Gasteiger partial charge on any atom is 0.573 e.